The van der Waals surface area contributed by atoms with Crippen LogP contribution in [0, 0.1) is 5.41 Å². The minimum Gasteiger partial charge on any atom is -0.351 e. The topological polar surface area (TPSA) is 89.8 Å². The molecular formula is C21H25N5O2S2. The van der Waals surface area contributed by atoms with Crippen molar-refractivity contribution in [2.24, 2.45) is 12.5 Å². The van der Waals surface area contributed by atoms with E-state index in [0.29, 0.717) is 23.1 Å². The highest BCUT2D eigenvalue weighted by Gasteiger charge is 2.28. The maximum atomic E-state index is 12.7. The molecule has 1 saturated carbocycles. The van der Waals surface area contributed by atoms with Crippen LogP contribution in [0.3, 0.4) is 0 Å². The lowest BCUT2D eigenvalue weighted by Crippen LogP contribution is -2.34. The quantitative estimate of drug-likeness (QED) is 0.338. The van der Waals surface area contributed by atoms with E-state index in [-0.39, 0.29) is 11.7 Å². The molecule has 1 fully saturated rings. The highest BCUT2D eigenvalue weighted by molar-refractivity contribution is 8.00. The summed E-state index contributed by atoms with van der Waals surface area (Å²) in [6, 6.07) is 3.74. The number of thiophene rings is 1. The minimum absolute atomic E-state index is 0.00459. The number of nitrogens with zero attached hydrogens (tertiary/aromatic N) is 4. The fraction of sp³-hybridized carbons (Fsp3) is 0.476. The van der Waals surface area contributed by atoms with Crippen molar-refractivity contribution < 1.29 is 9.59 Å². The SMILES string of the molecule is Cn1ncc2c(SCC(=O)c3ccc(CNC(=O)C(C)(C)C)s3)nc(C3CC3)nc21. The number of Topliss-reactive ketones (excluding diaryl/α,β-unsaturated/α-hetero) is 1. The molecule has 1 N–H and O–H groups in total. The van der Waals surface area contributed by atoms with Crippen molar-refractivity contribution in [3.8, 4) is 0 Å². The summed E-state index contributed by atoms with van der Waals surface area (Å²) in [7, 11) is 1.87. The lowest BCUT2D eigenvalue weighted by molar-refractivity contribution is -0.128. The molecule has 0 unspecified atom stereocenters. The van der Waals surface area contributed by atoms with Crippen LogP contribution in [0.15, 0.2) is 23.4 Å². The Morgan fingerprint density at radius 3 is 2.73 bits per heavy atom. The zero-order chi connectivity index (χ0) is 21.5. The van der Waals surface area contributed by atoms with Crippen molar-refractivity contribution in [1.82, 2.24) is 25.1 Å². The number of amides is 1. The summed E-state index contributed by atoms with van der Waals surface area (Å²) < 4.78 is 1.76. The van der Waals surface area contributed by atoms with Crippen LogP contribution < -0.4 is 5.32 Å². The predicted molar refractivity (Wildman–Crippen MR) is 119 cm³/mol. The first-order valence-electron chi connectivity index (χ1n) is 9.95. The van der Waals surface area contributed by atoms with E-state index >= 15 is 0 Å². The highest BCUT2D eigenvalue weighted by Crippen LogP contribution is 2.39. The lowest BCUT2D eigenvalue weighted by Gasteiger charge is -2.17. The summed E-state index contributed by atoms with van der Waals surface area (Å²) >= 11 is 2.87. The zero-order valence-electron chi connectivity index (χ0n) is 17.6. The van der Waals surface area contributed by atoms with Gasteiger partial charge < -0.3 is 5.32 Å². The third-order valence-corrected chi connectivity index (χ3v) is 7.02. The van der Waals surface area contributed by atoms with Crippen molar-refractivity contribution in [2.45, 2.75) is 51.1 Å². The lowest BCUT2D eigenvalue weighted by atomic mass is 9.96. The van der Waals surface area contributed by atoms with Crippen LogP contribution in [0.5, 0.6) is 0 Å². The van der Waals surface area contributed by atoms with Crippen molar-refractivity contribution in [3.05, 3.63) is 33.9 Å². The largest absolute Gasteiger partial charge is 0.351 e. The zero-order valence-corrected chi connectivity index (χ0v) is 19.2. The second-order valence-corrected chi connectivity index (χ2v) is 10.7. The van der Waals surface area contributed by atoms with E-state index in [1.54, 1.807) is 10.9 Å². The molecule has 158 valence electrons. The second kappa shape index (κ2) is 8.11. The van der Waals surface area contributed by atoms with Gasteiger partial charge in [0.05, 0.1) is 28.8 Å². The molecule has 0 aromatic carbocycles. The Kier molecular flexibility index (Phi) is 5.67. The normalized spacial score (nSPS) is 14.3. The summed E-state index contributed by atoms with van der Waals surface area (Å²) in [5.74, 6) is 1.65. The van der Waals surface area contributed by atoms with Gasteiger partial charge in [-0.2, -0.15) is 5.10 Å². The monoisotopic (exact) mass is 443 g/mol. The van der Waals surface area contributed by atoms with E-state index in [1.807, 2.05) is 40.0 Å². The number of carbonyl (C=O) groups is 2. The van der Waals surface area contributed by atoms with Crippen molar-refractivity contribution >= 4 is 45.8 Å². The van der Waals surface area contributed by atoms with E-state index < -0.39 is 5.41 Å². The number of fused-ring (bicyclic) bond motifs is 1. The van der Waals surface area contributed by atoms with Gasteiger partial charge in [0.1, 0.15) is 10.9 Å². The van der Waals surface area contributed by atoms with Gasteiger partial charge in [0.2, 0.25) is 5.91 Å². The van der Waals surface area contributed by atoms with Gasteiger partial charge in [-0.05, 0) is 25.0 Å². The number of carbonyl (C=O) groups excluding carboxylic acids is 2. The Hall–Kier alpha value is -2.26. The number of hydrogen-bond donors (Lipinski definition) is 1. The van der Waals surface area contributed by atoms with Crippen molar-refractivity contribution in [2.75, 3.05) is 5.75 Å². The van der Waals surface area contributed by atoms with Crippen LogP contribution in [0.4, 0.5) is 0 Å². The number of nitrogens with one attached hydrogen (secondary N) is 1. The molecule has 0 spiro atoms. The van der Waals surface area contributed by atoms with E-state index in [1.165, 1.54) is 23.1 Å². The maximum absolute atomic E-state index is 12.7. The molecule has 3 aromatic rings. The molecule has 1 amide bonds. The fourth-order valence-corrected chi connectivity index (χ4v) is 4.76. The smallest absolute Gasteiger partial charge is 0.225 e. The Bertz CT molecular complexity index is 1110. The molecular weight excluding hydrogens is 418 g/mol. The van der Waals surface area contributed by atoms with Crippen LogP contribution in [0.25, 0.3) is 11.0 Å². The van der Waals surface area contributed by atoms with Crippen molar-refractivity contribution in [3.63, 3.8) is 0 Å². The summed E-state index contributed by atoms with van der Waals surface area (Å²) in [6.07, 6.45) is 4.01. The molecule has 1 aliphatic carbocycles. The molecule has 7 nitrogen and oxygen atoms in total. The summed E-state index contributed by atoms with van der Waals surface area (Å²) in [6.45, 7) is 6.08. The Labute approximate surface area is 183 Å². The molecule has 0 bridgehead atoms. The molecule has 1 aliphatic rings. The number of hydrogen-bond acceptors (Lipinski definition) is 7. The van der Waals surface area contributed by atoms with Crippen LogP contribution >= 0.6 is 23.1 Å². The summed E-state index contributed by atoms with van der Waals surface area (Å²) in [5, 5.41) is 8.93. The molecule has 30 heavy (non-hydrogen) atoms. The van der Waals surface area contributed by atoms with E-state index in [4.69, 9.17) is 4.98 Å². The van der Waals surface area contributed by atoms with Gasteiger partial charge in [-0.15, -0.1) is 11.3 Å². The first-order chi connectivity index (χ1) is 14.2. The number of ketones is 1. The third kappa shape index (κ3) is 4.57. The van der Waals surface area contributed by atoms with E-state index in [0.717, 1.165) is 39.6 Å². The average Bonchev–Trinajstić information content (AvgIpc) is 3.33. The minimum atomic E-state index is -0.430. The Morgan fingerprint density at radius 1 is 1.27 bits per heavy atom. The van der Waals surface area contributed by atoms with Gasteiger partial charge in [0.25, 0.3) is 0 Å². The number of rotatable bonds is 7. The first-order valence-corrected chi connectivity index (χ1v) is 11.8. The highest BCUT2D eigenvalue weighted by atomic mass is 32.2. The predicted octanol–water partition coefficient (Wildman–Crippen LogP) is 3.94. The Balaban J connectivity index is 1.42. The van der Waals surface area contributed by atoms with E-state index in [2.05, 4.69) is 15.4 Å². The van der Waals surface area contributed by atoms with Gasteiger partial charge in [0.15, 0.2) is 11.4 Å². The number of aryl methyl sites for hydroxylation is 1. The fourth-order valence-electron chi connectivity index (χ4n) is 2.91. The van der Waals surface area contributed by atoms with Gasteiger partial charge in [-0.3, -0.25) is 14.3 Å². The van der Waals surface area contributed by atoms with Crippen LogP contribution in [-0.4, -0.2) is 37.2 Å². The molecule has 0 radical (unpaired) electrons. The van der Waals surface area contributed by atoms with Crippen molar-refractivity contribution in [1.29, 1.82) is 0 Å². The molecule has 3 heterocycles. The second-order valence-electron chi connectivity index (χ2n) is 8.58. The maximum Gasteiger partial charge on any atom is 0.225 e. The molecule has 0 aliphatic heterocycles. The van der Waals surface area contributed by atoms with Gasteiger partial charge in [0, 0.05) is 23.3 Å². The molecule has 0 saturated heterocycles. The molecule has 4 rings (SSSR count). The van der Waals surface area contributed by atoms with E-state index in [9.17, 15) is 9.59 Å². The van der Waals surface area contributed by atoms with Gasteiger partial charge >= 0.3 is 0 Å². The average molecular weight is 444 g/mol. The van der Waals surface area contributed by atoms with Gasteiger partial charge in [-0.1, -0.05) is 32.5 Å². The molecule has 3 aromatic heterocycles. The first kappa shape index (κ1) is 21.0. The summed E-state index contributed by atoms with van der Waals surface area (Å²) in [4.78, 5) is 35.8. The Morgan fingerprint density at radius 2 is 2.03 bits per heavy atom. The van der Waals surface area contributed by atoms with Gasteiger partial charge in [-0.25, -0.2) is 9.97 Å². The summed E-state index contributed by atoms with van der Waals surface area (Å²) in [5.41, 5.74) is 0.385. The van der Waals surface area contributed by atoms with Crippen LogP contribution in [0.2, 0.25) is 0 Å². The van der Waals surface area contributed by atoms with Crippen LogP contribution in [0.1, 0.15) is 59.9 Å². The molecule has 9 heteroatoms. The number of aromatic nitrogens is 4. The van der Waals surface area contributed by atoms with Crippen LogP contribution in [-0.2, 0) is 18.4 Å². The molecule has 0 atom stereocenters. The third-order valence-electron chi connectivity index (χ3n) is 4.90. The standard InChI is InChI=1S/C21H25N5O2S2/c1-21(2,3)20(28)22-9-13-7-8-16(30-13)15(27)11-29-19-14-10-23-26(4)18(14)24-17(25-19)12-5-6-12/h7-8,10,12H,5-6,9,11H2,1-4H3,(H,22,28). The number of thioether (sulfide) groups is 1.